The molecule has 1 heterocycles. The van der Waals surface area contributed by atoms with E-state index in [4.69, 9.17) is 4.74 Å². The smallest absolute Gasteiger partial charge is 0.413 e. The molecule has 134 valence electrons. The molecule has 1 aliphatic heterocycles. The van der Waals surface area contributed by atoms with E-state index in [9.17, 15) is 9.18 Å². The lowest BCUT2D eigenvalue weighted by Gasteiger charge is -2.14. The summed E-state index contributed by atoms with van der Waals surface area (Å²) in [5, 5.41) is 2.59. The Bertz CT molecular complexity index is 775. The van der Waals surface area contributed by atoms with Gasteiger partial charge in [-0.15, -0.1) is 0 Å². The minimum absolute atomic E-state index is 0.362. The van der Waals surface area contributed by atoms with Gasteiger partial charge >= 0.3 is 6.09 Å². The van der Waals surface area contributed by atoms with Gasteiger partial charge in [0.15, 0.2) is 6.10 Å². The maximum Gasteiger partial charge on any atom is 0.413 e. The van der Waals surface area contributed by atoms with Crippen LogP contribution >= 0.6 is 0 Å². The number of ether oxygens (including phenoxy) is 1. The largest absolute Gasteiger partial charge is 0.428 e. The molecule has 4 nitrogen and oxygen atoms in total. The number of nitrogens with one attached hydrogen (secondary N) is 1. The molecule has 0 unspecified atom stereocenters. The van der Waals surface area contributed by atoms with Crippen LogP contribution in [-0.4, -0.2) is 30.6 Å². The van der Waals surface area contributed by atoms with Gasteiger partial charge in [-0.2, -0.15) is 0 Å². The first kappa shape index (κ1) is 18.0. The Morgan fingerprint density at radius 3 is 2.50 bits per heavy atom. The molecule has 0 bridgehead atoms. The highest BCUT2D eigenvalue weighted by atomic mass is 19.1. The molecule has 1 aliphatic rings. The Labute approximate surface area is 153 Å². The number of rotatable bonds is 4. The first-order valence-electron chi connectivity index (χ1n) is 8.69. The molecule has 0 aromatic heterocycles. The number of halogens is 1. The number of nitrogens with zero attached hydrogens (tertiary/aromatic N) is 1. The second-order valence-corrected chi connectivity index (χ2v) is 6.13. The Balaban J connectivity index is 1.65. The Morgan fingerprint density at radius 1 is 1.12 bits per heavy atom. The molecule has 26 heavy (non-hydrogen) atoms. The second kappa shape index (κ2) is 9.02. The summed E-state index contributed by atoms with van der Waals surface area (Å²) in [7, 11) is 0. The lowest BCUT2D eigenvalue weighted by Crippen LogP contribution is -2.20. The SMILES string of the molecule is O=C(Nc1ccc(F)cc1)O[C@H](C#CCN1CCCC1)c1ccccc1. The van der Waals surface area contributed by atoms with Gasteiger partial charge in [-0.05, 0) is 50.2 Å². The number of carbonyl (C=O) groups excluding carboxylic acids is 1. The Hall–Kier alpha value is -2.84. The summed E-state index contributed by atoms with van der Waals surface area (Å²) >= 11 is 0. The van der Waals surface area contributed by atoms with E-state index in [0.717, 1.165) is 18.7 Å². The minimum atomic E-state index is -0.653. The fourth-order valence-electron chi connectivity index (χ4n) is 2.79. The third-order valence-corrected chi connectivity index (χ3v) is 4.15. The van der Waals surface area contributed by atoms with Crippen molar-refractivity contribution in [1.29, 1.82) is 0 Å². The van der Waals surface area contributed by atoms with Gasteiger partial charge in [0.2, 0.25) is 0 Å². The molecule has 1 saturated heterocycles. The van der Waals surface area contributed by atoms with Crippen molar-refractivity contribution in [1.82, 2.24) is 4.90 Å². The van der Waals surface area contributed by atoms with E-state index in [-0.39, 0.29) is 5.82 Å². The van der Waals surface area contributed by atoms with Crippen LogP contribution in [0.2, 0.25) is 0 Å². The van der Waals surface area contributed by atoms with Gasteiger partial charge in [-0.1, -0.05) is 42.2 Å². The zero-order valence-electron chi connectivity index (χ0n) is 14.5. The van der Waals surface area contributed by atoms with Crippen LogP contribution in [0, 0.1) is 17.7 Å². The van der Waals surface area contributed by atoms with Crippen molar-refractivity contribution in [2.75, 3.05) is 25.0 Å². The number of hydrogen-bond donors (Lipinski definition) is 1. The van der Waals surface area contributed by atoms with E-state index in [2.05, 4.69) is 22.1 Å². The molecule has 0 saturated carbocycles. The van der Waals surface area contributed by atoms with Crippen LogP contribution < -0.4 is 5.32 Å². The molecular formula is C21H21FN2O2. The summed E-state index contributed by atoms with van der Waals surface area (Å²) in [5.41, 5.74) is 1.28. The zero-order chi connectivity index (χ0) is 18.2. The van der Waals surface area contributed by atoms with Crippen LogP contribution in [0.25, 0.3) is 0 Å². The average Bonchev–Trinajstić information content (AvgIpc) is 3.17. The fraction of sp³-hybridized carbons (Fsp3) is 0.286. The molecule has 2 aromatic rings. The van der Waals surface area contributed by atoms with Gasteiger partial charge in [-0.25, -0.2) is 9.18 Å². The molecule has 1 amide bonds. The average molecular weight is 352 g/mol. The van der Waals surface area contributed by atoms with Gasteiger partial charge in [-0.3, -0.25) is 10.2 Å². The van der Waals surface area contributed by atoms with E-state index >= 15 is 0 Å². The fourth-order valence-corrected chi connectivity index (χ4v) is 2.79. The maximum absolute atomic E-state index is 13.0. The summed E-state index contributed by atoms with van der Waals surface area (Å²) in [6.45, 7) is 2.81. The number of benzene rings is 2. The first-order valence-corrected chi connectivity index (χ1v) is 8.69. The molecule has 0 aliphatic carbocycles. The van der Waals surface area contributed by atoms with Crippen LogP contribution in [0.15, 0.2) is 54.6 Å². The van der Waals surface area contributed by atoms with Crippen molar-refractivity contribution in [2.45, 2.75) is 18.9 Å². The lowest BCUT2D eigenvalue weighted by molar-refractivity contribution is 0.138. The van der Waals surface area contributed by atoms with Crippen LogP contribution in [0.3, 0.4) is 0 Å². The van der Waals surface area contributed by atoms with Crippen LogP contribution in [0.4, 0.5) is 14.9 Å². The van der Waals surface area contributed by atoms with Gasteiger partial charge in [0, 0.05) is 11.3 Å². The zero-order valence-corrected chi connectivity index (χ0v) is 14.5. The molecule has 3 rings (SSSR count). The van der Waals surface area contributed by atoms with Crippen molar-refractivity contribution < 1.29 is 13.9 Å². The topological polar surface area (TPSA) is 41.6 Å². The monoisotopic (exact) mass is 352 g/mol. The van der Waals surface area contributed by atoms with Crippen molar-refractivity contribution in [3.63, 3.8) is 0 Å². The van der Waals surface area contributed by atoms with E-state index < -0.39 is 12.2 Å². The molecule has 2 aromatic carbocycles. The molecular weight excluding hydrogens is 331 g/mol. The predicted octanol–water partition coefficient (Wildman–Crippen LogP) is 4.21. The van der Waals surface area contributed by atoms with Crippen molar-refractivity contribution >= 4 is 11.8 Å². The van der Waals surface area contributed by atoms with Crippen LogP contribution in [0.5, 0.6) is 0 Å². The van der Waals surface area contributed by atoms with Gasteiger partial charge in [0.25, 0.3) is 0 Å². The highest BCUT2D eigenvalue weighted by Crippen LogP contribution is 2.18. The number of amides is 1. The third kappa shape index (κ3) is 5.33. The Morgan fingerprint density at radius 2 is 1.81 bits per heavy atom. The summed E-state index contributed by atoms with van der Waals surface area (Å²) in [5.74, 6) is 5.82. The van der Waals surface area contributed by atoms with Crippen LogP contribution in [0.1, 0.15) is 24.5 Å². The standard InChI is InChI=1S/C21H21FN2O2/c22-18-10-12-19(13-11-18)23-21(25)26-20(17-7-2-1-3-8-17)9-6-16-24-14-4-5-15-24/h1-3,7-8,10-13,20H,4-5,14-16H2,(H,23,25)/t20-/m1/s1. The van der Waals surface area contributed by atoms with E-state index in [1.807, 2.05) is 30.3 Å². The highest BCUT2D eigenvalue weighted by molar-refractivity contribution is 5.84. The lowest BCUT2D eigenvalue weighted by atomic mass is 10.1. The van der Waals surface area contributed by atoms with E-state index in [1.54, 1.807) is 0 Å². The van der Waals surface area contributed by atoms with Gasteiger partial charge in [0.05, 0.1) is 6.54 Å². The Kier molecular flexibility index (Phi) is 6.24. The van der Waals surface area contributed by atoms with Crippen molar-refractivity contribution in [3.8, 4) is 11.8 Å². The normalized spacial score (nSPS) is 15.0. The quantitative estimate of drug-likeness (QED) is 0.838. The number of likely N-dealkylation sites (tertiary alicyclic amines) is 1. The molecule has 5 heteroatoms. The summed E-state index contributed by atoms with van der Waals surface area (Å²) < 4.78 is 18.5. The maximum atomic E-state index is 13.0. The number of hydrogen-bond acceptors (Lipinski definition) is 3. The second-order valence-electron chi connectivity index (χ2n) is 6.13. The highest BCUT2D eigenvalue weighted by Gasteiger charge is 2.15. The van der Waals surface area contributed by atoms with Crippen LogP contribution in [-0.2, 0) is 4.74 Å². The summed E-state index contributed by atoms with van der Waals surface area (Å²) in [6.07, 6.45) is 1.14. The van der Waals surface area contributed by atoms with Gasteiger partial charge < -0.3 is 4.74 Å². The predicted molar refractivity (Wildman–Crippen MR) is 99.1 cm³/mol. The number of anilines is 1. The molecule has 1 atom stereocenters. The molecule has 0 spiro atoms. The molecule has 1 N–H and O–H groups in total. The van der Waals surface area contributed by atoms with E-state index in [0.29, 0.717) is 12.2 Å². The van der Waals surface area contributed by atoms with Crippen molar-refractivity contribution in [3.05, 3.63) is 66.0 Å². The number of carbonyl (C=O) groups is 1. The summed E-state index contributed by atoms with van der Waals surface area (Å²) in [4.78, 5) is 14.5. The van der Waals surface area contributed by atoms with E-state index in [1.165, 1.54) is 37.1 Å². The summed E-state index contributed by atoms with van der Waals surface area (Å²) in [6, 6.07) is 14.9. The molecule has 0 radical (unpaired) electrons. The van der Waals surface area contributed by atoms with Crippen molar-refractivity contribution in [2.24, 2.45) is 0 Å². The third-order valence-electron chi connectivity index (χ3n) is 4.15. The molecule has 1 fully saturated rings. The minimum Gasteiger partial charge on any atom is -0.428 e. The first-order chi connectivity index (χ1) is 12.7. The van der Waals surface area contributed by atoms with Gasteiger partial charge in [0.1, 0.15) is 5.82 Å².